The van der Waals surface area contributed by atoms with Crippen LogP contribution < -0.4 is 5.32 Å². The molecule has 0 bridgehead atoms. The largest absolute Gasteiger partial charge is 0.394 e. The molecule has 346 valence electrons. The second kappa shape index (κ2) is 51.1. The van der Waals surface area contributed by atoms with Gasteiger partial charge in [-0.1, -0.05) is 225 Å². The average molecular weight is 842 g/mol. The fourth-order valence-electron chi connectivity index (χ4n) is 6.84. The van der Waals surface area contributed by atoms with Gasteiger partial charge in [0.2, 0.25) is 5.91 Å². The molecule has 4 heteroatoms. The van der Waals surface area contributed by atoms with Crippen LogP contribution in [0.1, 0.15) is 213 Å². The summed E-state index contributed by atoms with van der Waals surface area (Å²) in [5.41, 5.74) is 0. The molecule has 0 saturated carbocycles. The Hall–Kier alpha value is -3.21. The lowest BCUT2D eigenvalue weighted by Crippen LogP contribution is -2.45. The van der Waals surface area contributed by atoms with E-state index in [4.69, 9.17) is 0 Å². The van der Waals surface area contributed by atoms with Gasteiger partial charge in [-0.05, 0) is 103 Å². The van der Waals surface area contributed by atoms with Crippen molar-refractivity contribution < 1.29 is 15.0 Å². The third-order valence-corrected chi connectivity index (χ3v) is 10.7. The van der Waals surface area contributed by atoms with Gasteiger partial charge in [-0.15, -0.1) is 0 Å². The normalized spacial score (nSPS) is 14.0. The van der Waals surface area contributed by atoms with Gasteiger partial charge in [0, 0.05) is 6.42 Å². The zero-order valence-corrected chi connectivity index (χ0v) is 39.6. The van der Waals surface area contributed by atoms with Crippen molar-refractivity contribution in [3.63, 3.8) is 0 Å². The predicted molar refractivity (Wildman–Crippen MR) is 271 cm³/mol. The van der Waals surface area contributed by atoms with Crippen LogP contribution in [0.5, 0.6) is 0 Å². The van der Waals surface area contributed by atoms with E-state index >= 15 is 0 Å². The Kier molecular flexibility index (Phi) is 48.5. The summed E-state index contributed by atoms with van der Waals surface area (Å²) in [6, 6.07) is -0.666. The highest BCUT2D eigenvalue weighted by atomic mass is 16.3. The van der Waals surface area contributed by atoms with E-state index in [-0.39, 0.29) is 12.5 Å². The maximum absolute atomic E-state index is 12.4. The smallest absolute Gasteiger partial charge is 0.220 e. The van der Waals surface area contributed by atoms with Crippen molar-refractivity contribution in [1.82, 2.24) is 5.32 Å². The molecule has 0 aromatic rings. The van der Waals surface area contributed by atoms with Crippen molar-refractivity contribution >= 4 is 5.91 Å². The topological polar surface area (TPSA) is 69.6 Å². The Balaban J connectivity index is 3.72. The van der Waals surface area contributed by atoms with Crippen molar-refractivity contribution in [2.75, 3.05) is 6.61 Å². The van der Waals surface area contributed by atoms with Crippen LogP contribution in [0.25, 0.3) is 0 Å². The van der Waals surface area contributed by atoms with Crippen LogP contribution in [-0.2, 0) is 4.79 Å². The molecule has 0 spiro atoms. The Morgan fingerprint density at radius 3 is 1.15 bits per heavy atom. The van der Waals surface area contributed by atoms with Gasteiger partial charge >= 0.3 is 0 Å². The number of aliphatic hydroxyl groups excluding tert-OH is 2. The molecule has 61 heavy (non-hydrogen) atoms. The van der Waals surface area contributed by atoms with Gasteiger partial charge in [-0.25, -0.2) is 0 Å². The van der Waals surface area contributed by atoms with Crippen molar-refractivity contribution in [2.24, 2.45) is 0 Å². The predicted octanol–water partition coefficient (Wildman–Crippen LogP) is 16.5. The third-order valence-electron chi connectivity index (χ3n) is 10.7. The van der Waals surface area contributed by atoms with E-state index in [0.717, 1.165) is 96.3 Å². The Morgan fingerprint density at radius 2 is 0.738 bits per heavy atom. The second-order valence-corrected chi connectivity index (χ2v) is 16.5. The third kappa shape index (κ3) is 47.7. The number of rotatable bonds is 44. The van der Waals surface area contributed by atoms with Gasteiger partial charge in [0.25, 0.3) is 0 Å². The minimum atomic E-state index is -0.888. The number of amides is 1. The number of nitrogens with one attached hydrogen (secondary N) is 1. The van der Waals surface area contributed by atoms with Crippen molar-refractivity contribution in [3.8, 4) is 0 Å². The number of hydrogen-bond acceptors (Lipinski definition) is 3. The Bertz CT molecular complexity index is 1230. The van der Waals surface area contributed by atoms with Crippen LogP contribution >= 0.6 is 0 Å². The van der Waals surface area contributed by atoms with Gasteiger partial charge in [-0.3, -0.25) is 4.79 Å². The molecule has 0 saturated heterocycles. The monoisotopic (exact) mass is 842 g/mol. The quantitative estimate of drug-likeness (QED) is 0.0423. The minimum Gasteiger partial charge on any atom is -0.394 e. The summed E-state index contributed by atoms with van der Waals surface area (Å²) in [5, 5.41) is 23.1. The highest BCUT2D eigenvalue weighted by Crippen LogP contribution is 2.13. The van der Waals surface area contributed by atoms with E-state index in [9.17, 15) is 15.0 Å². The van der Waals surface area contributed by atoms with E-state index in [1.807, 2.05) is 6.08 Å². The standard InChI is InChI=1S/C57H95NO3/c1-3-5-7-9-11-13-15-17-19-21-23-25-27-28-29-30-31-33-35-37-39-41-43-45-47-49-51-53-57(61)58-55(54-59)56(60)52-50-48-46-44-42-40-38-36-34-32-26-24-22-20-18-16-14-12-10-8-6-4-2/h5,7,11,13,17,19,23,25,28-29,31,33-34,36-37,39,42,44,50,52,55-56,59-60H,3-4,6,8-10,12,14-16,18,20-22,24,26-27,30,32,35,38,40-41,43,45-49,51,53-54H2,1-2H3,(H,58,61)/b7-5-,13-11-,19-17-,25-23-,29-28-,33-31-,36-34+,39-37-,44-42+,52-50+. The molecule has 0 radical (unpaired) electrons. The highest BCUT2D eigenvalue weighted by molar-refractivity contribution is 5.76. The number of hydrogen-bond donors (Lipinski definition) is 3. The van der Waals surface area contributed by atoms with Crippen LogP contribution in [0, 0.1) is 0 Å². The summed E-state index contributed by atoms with van der Waals surface area (Å²) in [7, 11) is 0. The summed E-state index contributed by atoms with van der Waals surface area (Å²) >= 11 is 0. The van der Waals surface area contributed by atoms with Gasteiger partial charge in [0.15, 0.2) is 0 Å². The number of unbranched alkanes of at least 4 members (excludes halogenated alkanes) is 19. The molecule has 0 aliphatic heterocycles. The molecule has 0 aromatic carbocycles. The second-order valence-electron chi connectivity index (χ2n) is 16.5. The van der Waals surface area contributed by atoms with E-state index in [1.165, 1.54) is 96.3 Å². The van der Waals surface area contributed by atoms with Crippen molar-refractivity contribution in [3.05, 3.63) is 122 Å². The molecular weight excluding hydrogens is 747 g/mol. The van der Waals surface area contributed by atoms with Gasteiger partial charge < -0.3 is 15.5 Å². The molecule has 0 rings (SSSR count). The van der Waals surface area contributed by atoms with Gasteiger partial charge in [0.05, 0.1) is 18.8 Å². The van der Waals surface area contributed by atoms with Crippen LogP contribution in [-0.4, -0.2) is 34.9 Å². The number of carbonyl (C=O) groups excluding carboxylic acids is 1. The fourth-order valence-corrected chi connectivity index (χ4v) is 6.84. The first-order chi connectivity index (χ1) is 30.2. The summed E-state index contributed by atoms with van der Waals surface area (Å²) in [6.07, 6.45) is 78.9. The zero-order valence-electron chi connectivity index (χ0n) is 39.6. The summed E-state index contributed by atoms with van der Waals surface area (Å²) in [5.74, 6) is -0.102. The minimum absolute atomic E-state index is 0.102. The Morgan fingerprint density at radius 1 is 0.410 bits per heavy atom. The summed E-state index contributed by atoms with van der Waals surface area (Å²) in [6.45, 7) is 4.17. The van der Waals surface area contributed by atoms with Crippen molar-refractivity contribution in [2.45, 2.75) is 225 Å². The molecule has 0 aromatic heterocycles. The van der Waals surface area contributed by atoms with Gasteiger partial charge in [-0.2, -0.15) is 0 Å². The van der Waals surface area contributed by atoms with Crippen LogP contribution in [0.2, 0.25) is 0 Å². The van der Waals surface area contributed by atoms with Gasteiger partial charge in [0.1, 0.15) is 0 Å². The van der Waals surface area contributed by atoms with Crippen LogP contribution in [0.4, 0.5) is 0 Å². The van der Waals surface area contributed by atoms with Crippen LogP contribution in [0.15, 0.2) is 122 Å². The van der Waals surface area contributed by atoms with Crippen LogP contribution in [0.3, 0.4) is 0 Å². The molecule has 4 nitrogen and oxygen atoms in total. The SMILES string of the molecule is CC/C=C\C/C=C\C/C=C\C/C=C\C/C=C\C/C=C\C/C=C\CCCCCCCC(=O)NC(CO)C(O)/C=C/CC/C=C/CC/C=C/CCCCCCCCCCCCCC. The lowest BCUT2D eigenvalue weighted by atomic mass is 10.0. The number of carbonyl (C=O) groups is 1. The molecule has 3 N–H and O–H groups in total. The molecule has 0 aliphatic carbocycles. The molecule has 2 atom stereocenters. The maximum atomic E-state index is 12.4. The highest BCUT2D eigenvalue weighted by Gasteiger charge is 2.17. The number of aliphatic hydroxyl groups is 2. The first kappa shape index (κ1) is 57.8. The first-order valence-electron chi connectivity index (χ1n) is 25.2. The fraction of sp³-hybridized carbons (Fsp3) is 0.632. The van der Waals surface area contributed by atoms with Crippen molar-refractivity contribution in [1.29, 1.82) is 0 Å². The number of allylic oxidation sites excluding steroid dienone is 19. The molecule has 0 aliphatic rings. The molecule has 2 unspecified atom stereocenters. The lowest BCUT2D eigenvalue weighted by molar-refractivity contribution is -0.123. The first-order valence-corrected chi connectivity index (χ1v) is 25.2. The molecule has 0 fully saturated rings. The summed E-state index contributed by atoms with van der Waals surface area (Å²) < 4.78 is 0. The van der Waals surface area contributed by atoms with E-state index in [0.29, 0.717) is 6.42 Å². The van der Waals surface area contributed by atoms with E-state index in [2.05, 4.69) is 129 Å². The van der Waals surface area contributed by atoms with E-state index < -0.39 is 12.1 Å². The molecule has 1 amide bonds. The van der Waals surface area contributed by atoms with E-state index in [1.54, 1.807) is 6.08 Å². The summed E-state index contributed by atoms with van der Waals surface area (Å²) in [4.78, 5) is 12.4. The molecule has 0 heterocycles. The Labute approximate surface area is 378 Å². The average Bonchev–Trinajstić information content (AvgIpc) is 3.26. The molecular formula is C57H95NO3. The zero-order chi connectivity index (χ0) is 44.2. The maximum Gasteiger partial charge on any atom is 0.220 e. The lowest BCUT2D eigenvalue weighted by Gasteiger charge is -2.19.